The van der Waals surface area contributed by atoms with Crippen molar-refractivity contribution in [3.05, 3.63) is 0 Å². The molecule has 0 radical (unpaired) electrons. The predicted octanol–water partition coefficient (Wildman–Crippen LogP) is 3.61. The molecule has 0 aromatic carbocycles. The van der Waals surface area contributed by atoms with Crippen LogP contribution in [0.5, 0.6) is 0 Å². The van der Waals surface area contributed by atoms with E-state index < -0.39 is 17.1 Å². The molecule has 4 aliphatic rings. The maximum absolute atomic E-state index is 12.2. The van der Waals surface area contributed by atoms with Crippen LogP contribution in [0.2, 0.25) is 0 Å². The second-order valence-electron chi connectivity index (χ2n) is 11.4. The van der Waals surface area contributed by atoms with E-state index in [0.717, 1.165) is 38.5 Å². The SMILES string of the molecule is CC(=O)O[C@H]1CC[C@@]2(C)[C@H](CC[C@@H]3[C@@H]2C[C@@H](O)[C@]2(C)[C@@H]([C@@H](C)OC(C)=O)CC[C@]32O)C1. The zero-order chi connectivity index (χ0) is 22.8. The molecule has 176 valence electrons. The number of fused-ring (bicyclic) bond motifs is 5. The van der Waals surface area contributed by atoms with Gasteiger partial charge in [-0.15, -0.1) is 0 Å². The summed E-state index contributed by atoms with van der Waals surface area (Å²) in [7, 11) is 0. The molecule has 2 N–H and O–H groups in total. The highest BCUT2D eigenvalue weighted by Crippen LogP contribution is 2.69. The Balaban J connectivity index is 1.60. The molecule has 31 heavy (non-hydrogen) atoms. The van der Waals surface area contributed by atoms with Gasteiger partial charge in [0.05, 0.1) is 11.7 Å². The molecule has 10 atom stereocenters. The number of aliphatic hydroxyl groups excluding tert-OH is 1. The van der Waals surface area contributed by atoms with Crippen molar-refractivity contribution in [2.24, 2.45) is 34.5 Å². The number of rotatable bonds is 3. The van der Waals surface area contributed by atoms with Gasteiger partial charge in [-0.25, -0.2) is 0 Å². The van der Waals surface area contributed by atoms with Crippen LogP contribution in [0.25, 0.3) is 0 Å². The highest BCUT2D eigenvalue weighted by Gasteiger charge is 2.71. The van der Waals surface area contributed by atoms with E-state index in [4.69, 9.17) is 9.47 Å². The summed E-state index contributed by atoms with van der Waals surface area (Å²) < 4.78 is 11.1. The lowest BCUT2D eigenvalue weighted by Gasteiger charge is -2.65. The molecule has 4 fully saturated rings. The van der Waals surface area contributed by atoms with E-state index in [0.29, 0.717) is 18.8 Å². The Morgan fingerprint density at radius 3 is 2.32 bits per heavy atom. The molecule has 4 aliphatic carbocycles. The van der Waals surface area contributed by atoms with Crippen molar-refractivity contribution in [1.82, 2.24) is 0 Å². The van der Waals surface area contributed by atoms with Gasteiger partial charge in [0.15, 0.2) is 0 Å². The number of hydrogen-bond acceptors (Lipinski definition) is 6. The fourth-order valence-electron chi connectivity index (χ4n) is 8.64. The summed E-state index contributed by atoms with van der Waals surface area (Å²) in [6.07, 6.45) is 5.78. The van der Waals surface area contributed by atoms with Crippen LogP contribution in [0.15, 0.2) is 0 Å². The van der Waals surface area contributed by atoms with Crippen molar-refractivity contribution >= 4 is 11.9 Å². The monoisotopic (exact) mass is 436 g/mol. The molecular weight excluding hydrogens is 396 g/mol. The maximum atomic E-state index is 12.2. The normalized spacial score (nSPS) is 49.9. The van der Waals surface area contributed by atoms with E-state index in [2.05, 4.69) is 6.92 Å². The molecule has 0 aliphatic heterocycles. The summed E-state index contributed by atoms with van der Waals surface area (Å²) in [4.78, 5) is 23.0. The standard InChI is InChI=1S/C25H40O6/c1-14(30-15(2)26)19-9-11-25(29)20-7-6-17-12-18(31-16(3)27)8-10-23(17,4)21(20)13-22(28)24(19,25)5/h14,17-22,28-29H,6-13H2,1-5H3/t14-,17-,18+,19-,20-,21+,22-,23+,24+,25+/m1/s1. The second-order valence-corrected chi connectivity index (χ2v) is 11.4. The van der Waals surface area contributed by atoms with Gasteiger partial charge in [-0.1, -0.05) is 13.8 Å². The van der Waals surface area contributed by atoms with Gasteiger partial charge in [0.2, 0.25) is 0 Å². The van der Waals surface area contributed by atoms with Crippen LogP contribution in [0.3, 0.4) is 0 Å². The van der Waals surface area contributed by atoms with Crippen LogP contribution in [0.4, 0.5) is 0 Å². The third-order valence-electron chi connectivity index (χ3n) is 10.2. The lowest BCUT2D eigenvalue weighted by atomic mass is 9.42. The van der Waals surface area contributed by atoms with Gasteiger partial charge in [-0.05, 0) is 81.5 Å². The maximum Gasteiger partial charge on any atom is 0.302 e. The highest BCUT2D eigenvalue weighted by atomic mass is 16.5. The highest BCUT2D eigenvalue weighted by molar-refractivity contribution is 5.66. The first-order valence-electron chi connectivity index (χ1n) is 12.2. The van der Waals surface area contributed by atoms with E-state index in [9.17, 15) is 19.8 Å². The number of aliphatic hydroxyl groups is 2. The molecular formula is C25H40O6. The van der Waals surface area contributed by atoms with Crippen molar-refractivity contribution in [2.75, 3.05) is 0 Å². The number of esters is 2. The summed E-state index contributed by atoms with van der Waals surface area (Å²) in [5, 5.41) is 23.7. The Labute approximate surface area is 186 Å². The molecule has 4 saturated carbocycles. The van der Waals surface area contributed by atoms with Gasteiger partial charge >= 0.3 is 11.9 Å². The average Bonchev–Trinajstić information content (AvgIpc) is 2.95. The van der Waals surface area contributed by atoms with Gasteiger partial charge in [0.25, 0.3) is 0 Å². The average molecular weight is 437 g/mol. The fourth-order valence-corrected chi connectivity index (χ4v) is 8.64. The summed E-state index contributed by atoms with van der Waals surface area (Å²) in [6.45, 7) is 9.16. The Morgan fingerprint density at radius 1 is 0.968 bits per heavy atom. The molecule has 0 spiro atoms. The minimum Gasteiger partial charge on any atom is -0.463 e. The van der Waals surface area contributed by atoms with Gasteiger partial charge in [0, 0.05) is 25.2 Å². The Hall–Kier alpha value is -1.14. The Bertz CT molecular complexity index is 738. The van der Waals surface area contributed by atoms with Crippen LogP contribution in [-0.2, 0) is 19.1 Å². The predicted molar refractivity (Wildman–Crippen MR) is 115 cm³/mol. The molecule has 0 aromatic heterocycles. The first kappa shape index (κ1) is 23.0. The second kappa shape index (κ2) is 7.72. The summed E-state index contributed by atoms with van der Waals surface area (Å²) in [5.41, 5.74) is -1.59. The van der Waals surface area contributed by atoms with Crippen molar-refractivity contribution in [1.29, 1.82) is 0 Å². The van der Waals surface area contributed by atoms with E-state index >= 15 is 0 Å². The first-order chi connectivity index (χ1) is 14.4. The Morgan fingerprint density at radius 2 is 1.68 bits per heavy atom. The number of carbonyl (C=O) groups excluding carboxylic acids is 2. The van der Waals surface area contributed by atoms with Crippen LogP contribution >= 0.6 is 0 Å². The summed E-state index contributed by atoms with van der Waals surface area (Å²) in [5.74, 6) is 0.265. The van der Waals surface area contributed by atoms with Gasteiger partial charge in [0.1, 0.15) is 12.2 Å². The molecule has 0 amide bonds. The van der Waals surface area contributed by atoms with E-state index in [1.54, 1.807) is 0 Å². The molecule has 4 rings (SSSR count). The van der Waals surface area contributed by atoms with Crippen molar-refractivity contribution in [2.45, 2.75) is 110 Å². The zero-order valence-electron chi connectivity index (χ0n) is 19.7. The lowest BCUT2D eigenvalue weighted by molar-refractivity contribution is -0.253. The molecule has 0 bridgehead atoms. The van der Waals surface area contributed by atoms with Gasteiger partial charge in [-0.2, -0.15) is 0 Å². The summed E-state index contributed by atoms with van der Waals surface area (Å²) >= 11 is 0. The molecule has 0 unspecified atom stereocenters. The largest absolute Gasteiger partial charge is 0.463 e. The molecule has 6 heteroatoms. The molecule has 6 nitrogen and oxygen atoms in total. The minimum atomic E-state index is -0.949. The quantitative estimate of drug-likeness (QED) is 0.657. The third-order valence-corrected chi connectivity index (χ3v) is 10.2. The first-order valence-corrected chi connectivity index (χ1v) is 12.2. The minimum absolute atomic E-state index is 0.00516. The van der Waals surface area contributed by atoms with Crippen molar-refractivity contribution in [3.8, 4) is 0 Å². The Kier molecular flexibility index (Phi) is 5.74. The van der Waals surface area contributed by atoms with E-state index in [1.165, 1.54) is 13.8 Å². The summed E-state index contributed by atoms with van der Waals surface area (Å²) in [6, 6.07) is 0. The van der Waals surface area contributed by atoms with Crippen LogP contribution in [-0.4, -0.2) is 46.1 Å². The van der Waals surface area contributed by atoms with E-state index in [-0.39, 0.29) is 47.3 Å². The molecule has 0 aromatic rings. The number of carbonyl (C=O) groups is 2. The van der Waals surface area contributed by atoms with Crippen LogP contribution < -0.4 is 0 Å². The number of hydrogen-bond donors (Lipinski definition) is 2. The van der Waals surface area contributed by atoms with E-state index in [1.807, 2.05) is 13.8 Å². The molecule has 0 saturated heterocycles. The van der Waals surface area contributed by atoms with Gasteiger partial charge in [-0.3, -0.25) is 9.59 Å². The molecule has 0 heterocycles. The number of ether oxygens (including phenoxy) is 2. The third kappa shape index (κ3) is 3.35. The van der Waals surface area contributed by atoms with Crippen molar-refractivity contribution < 1.29 is 29.3 Å². The topological polar surface area (TPSA) is 93.1 Å². The smallest absolute Gasteiger partial charge is 0.302 e. The zero-order valence-corrected chi connectivity index (χ0v) is 19.7. The van der Waals surface area contributed by atoms with Crippen LogP contribution in [0, 0.1) is 34.5 Å². The lowest BCUT2D eigenvalue weighted by Crippen LogP contribution is -2.67. The fraction of sp³-hybridized carbons (Fsp3) is 0.920. The van der Waals surface area contributed by atoms with Crippen molar-refractivity contribution in [3.63, 3.8) is 0 Å². The van der Waals surface area contributed by atoms with Crippen LogP contribution in [0.1, 0.15) is 86.0 Å². The van der Waals surface area contributed by atoms with Gasteiger partial charge < -0.3 is 19.7 Å².